The highest BCUT2D eigenvalue weighted by atomic mass is 127. The third-order valence-corrected chi connectivity index (χ3v) is 3.10. The van der Waals surface area contributed by atoms with Crippen molar-refractivity contribution in [3.05, 3.63) is 16.0 Å². The number of hydrogen-bond donors (Lipinski definition) is 1. The second-order valence-corrected chi connectivity index (χ2v) is 5.23. The smallest absolute Gasteiger partial charge is 0.222 e. The molecule has 1 aromatic rings. The molecule has 0 amide bonds. The molecule has 1 aliphatic rings. The molecule has 0 radical (unpaired) electrons. The number of nitrogens with zero attached hydrogens (tertiary/aromatic N) is 2. The van der Waals surface area contributed by atoms with Crippen molar-refractivity contribution in [1.29, 1.82) is 0 Å². The van der Waals surface area contributed by atoms with E-state index in [4.69, 9.17) is 4.74 Å². The maximum absolute atomic E-state index is 5.67. The van der Waals surface area contributed by atoms with E-state index in [1.165, 1.54) is 0 Å². The molecular weight excluding hydrogens is 305 g/mol. The first-order chi connectivity index (χ1) is 7.18. The van der Waals surface area contributed by atoms with Crippen molar-refractivity contribution in [2.75, 3.05) is 18.5 Å². The Morgan fingerprint density at radius 3 is 2.87 bits per heavy atom. The van der Waals surface area contributed by atoms with Crippen LogP contribution in [0.25, 0.3) is 0 Å². The number of hydrogen-bond acceptors (Lipinski definition) is 4. The lowest BCUT2D eigenvalue weighted by atomic mass is 10.0. The van der Waals surface area contributed by atoms with Gasteiger partial charge in [0, 0.05) is 29.1 Å². The summed E-state index contributed by atoms with van der Waals surface area (Å²) in [6.45, 7) is 3.76. The molecule has 0 bridgehead atoms. The van der Waals surface area contributed by atoms with E-state index in [1.54, 1.807) is 12.4 Å². The zero-order valence-corrected chi connectivity index (χ0v) is 10.8. The molecular formula is C10H14IN3O. The maximum Gasteiger partial charge on any atom is 0.222 e. The monoisotopic (exact) mass is 319 g/mol. The second-order valence-electron chi connectivity index (χ2n) is 3.98. The standard InChI is InChI=1S/C10H14IN3O/c1-10(3-2-4-15-10)7-14-9-12-5-8(11)6-13-9/h5-6H,2-4,7H2,1H3,(H,12,13,14). The van der Waals surface area contributed by atoms with Gasteiger partial charge in [0.05, 0.1) is 5.60 Å². The van der Waals surface area contributed by atoms with Gasteiger partial charge in [0.2, 0.25) is 5.95 Å². The zero-order valence-electron chi connectivity index (χ0n) is 8.66. The van der Waals surface area contributed by atoms with Gasteiger partial charge in [0.15, 0.2) is 0 Å². The van der Waals surface area contributed by atoms with Gasteiger partial charge in [-0.05, 0) is 42.4 Å². The molecule has 4 nitrogen and oxygen atoms in total. The Balaban J connectivity index is 1.90. The van der Waals surface area contributed by atoms with Gasteiger partial charge in [0.25, 0.3) is 0 Å². The van der Waals surface area contributed by atoms with Crippen molar-refractivity contribution in [3.63, 3.8) is 0 Å². The van der Waals surface area contributed by atoms with Crippen molar-refractivity contribution in [3.8, 4) is 0 Å². The summed E-state index contributed by atoms with van der Waals surface area (Å²) in [7, 11) is 0. The molecule has 1 aliphatic heterocycles. The number of rotatable bonds is 3. The predicted molar refractivity (Wildman–Crippen MR) is 66.8 cm³/mol. The van der Waals surface area contributed by atoms with Crippen LogP contribution < -0.4 is 5.32 Å². The van der Waals surface area contributed by atoms with Crippen LogP contribution in [0, 0.1) is 3.57 Å². The summed E-state index contributed by atoms with van der Waals surface area (Å²) in [6, 6.07) is 0. The number of nitrogens with one attached hydrogen (secondary N) is 1. The van der Waals surface area contributed by atoms with Gasteiger partial charge < -0.3 is 10.1 Å². The molecule has 0 saturated carbocycles. The fourth-order valence-corrected chi connectivity index (χ4v) is 1.92. The van der Waals surface area contributed by atoms with Crippen LogP contribution in [-0.2, 0) is 4.74 Å². The fourth-order valence-electron chi connectivity index (χ4n) is 1.65. The Labute approximate surface area is 103 Å². The Morgan fingerprint density at radius 1 is 1.53 bits per heavy atom. The van der Waals surface area contributed by atoms with E-state index in [9.17, 15) is 0 Å². The molecule has 1 fully saturated rings. The van der Waals surface area contributed by atoms with Crippen LogP contribution in [0.4, 0.5) is 5.95 Å². The average molecular weight is 319 g/mol. The third kappa shape index (κ3) is 3.01. The van der Waals surface area contributed by atoms with Crippen molar-refractivity contribution in [1.82, 2.24) is 9.97 Å². The van der Waals surface area contributed by atoms with Crippen LogP contribution in [0.2, 0.25) is 0 Å². The highest BCUT2D eigenvalue weighted by Crippen LogP contribution is 2.24. The lowest BCUT2D eigenvalue weighted by Crippen LogP contribution is -2.33. The topological polar surface area (TPSA) is 47.0 Å². The number of halogens is 1. The summed E-state index contributed by atoms with van der Waals surface area (Å²) in [5, 5.41) is 3.20. The number of anilines is 1. The normalized spacial score (nSPS) is 25.5. The summed E-state index contributed by atoms with van der Waals surface area (Å²) in [5.74, 6) is 0.673. The molecule has 0 aliphatic carbocycles. The molecule has 82 valence electrons. The second kappa shape index (κ2) is 4.61. The average Bonchev–Trinajstić information content (AvgIpc) is 2.65. The number of ether oxygens (including phenoxy) is 1. The van der Waals surface area contributed by atoms with Crippen LogP contribution in [0.5, 0.6) is 0 Å². The molecule has 1 unspecified atom stereocenters. The van der Waals surface area contributed by atoms with Gasteiger partial charge >= 0.3 is 0 Å². The van der Waals surface area contributed by atoms with Gasteiger partial charge in [0.1, 0.15) is 0 Å². The molecule has 1 atom stereocenters. The van der Waals surface area contributed by atoms with E-state index < -0.39 is 0 Å². The first kappa shape index (κ1) is 11.1. The Morgan fingerprint density at radius 2 is 2.27 bits per heavy atom. The summed E-state index contributed by atoms with van der Waals surface area (Å²) in [4.78, 5) is 8.37. The lowest BCUT2D eigenvalue weighted by molar-refractivity contribution is 0.0314. The Hall–Kier alpha value is -0.430. The molecule has 5 heteroatoms. The largest absolute Gasteiger partial charge is 0.373 e. The van der Waals surface area contributed by atoms with E-state index in [-0.39, 0.29) is 5.60 Å². The maximum atomic E-state index is 5.67. The predicted octanol–water partition coefficient (Wildman–Crippen LogP) is 2.06. The van der Waals surface area contributed by atoms with Crippen LogP contribution in [0.1, 0.15) is 19.8 Å². The molecule has 2 heterocycles. The quantitative estimate of drug-likeness (QED) is 0.867. The van der Waals surface area contributed by atoms with Gasteiger partial charge in [-0.1, -0.05) is 0 Å². The van der Waals surface area contributed by atoms with E-state index in [0.29, 0.717) is 5.95 Å². The van der Waals surface area contributed by atoms with E-state index in [0.717, 1.165) is 29.6 Å². The summed E-state index contributed by atoms with van der Waals surface area (Å²) >= 11 is 2.19. The summed E-state index contributed by atoms with van der Waals surface area (Å²) < 4.78 is 6.71. The van der Waals surface area contributed by atoms with Crippen LogP contribution in [0.15, 0.2) is 12.4 Å². The van der Waals surface area contributed by atoms with Crippen molar-refractivity contribution < 1.29 is 4.74 Å². The Bertz CT molecular complexity index is 322. The molecule has 15 heavy (non-hydrogen) atoms. The van der Waals surface area contributed by atoms with E-state index in [1.807, 2.05) is 0 Å². The summed E-state index contributed by atoms with van der Waals surface area (Å²) in [5.41, 5.74) is -0.0492. The van der Waals surface area contributed by atoms with Crippen molar-refractivity contribution in [2.24, 2.45) is 0 Å². The first-order valence-electron chi connectivity index (χ1n) is 5.03. The Kier molecular flexibility index (Phi) is 3.40. The van der Waals surface area contributed by atoms with E-state index in [2.05, 4.69) is 44.8 Å². The minimum Gasteiger partial charge on any atom is -0.373 e. The molecule has 2 rings (SSSR count). The van der Waals surface area contributed by atoms with E-state index >= 15 is 0 Å². The van der Waals surface area contributed by atoms with Gasteiger partial charge in [-0.2, -0.15) is 0 Å². The van der Waals surface area contributed by atoms with Crippen LogP contribution in [0.3, 0.4) is 0 Å². The molecule has 1 N–H and O–H groups in total. The molecule has 1 saturated heterocycles. The lowest BCUT2D eigenvalue weighted by Gasteiger charge is -2.23. The van der Waals surface area contributed by atoms with Crippen LogP contribution in [-0.4, -0.2) is 28.7 Å². The minimum atomic E-state index is -0.0492. The van der Waals surface area contributed by atoms with Gasteiger partial charge in [-0.25, -0.2) is 9.97 Å². The van der Waals surface area contributed by atoms with Crippen molar-refractivity contribution >= 4 is 28.5 Å². The fraction of sp³-hybridized carbons (Fsp3) is 0.600. The van der Waals surface area contributed by atoms with Gasteiger partial charge in [-0.3, -0.25) is 0 Å². The highest BCUT2D eigenvalue weighted by molar-refractivity contribution is 14.1. The molecule has 1 aromatic heterocycles. The number of aromatic nitrogens is 2. The first-order valence-corrected chi connectivity index (χ1v) is 6.11. The zero-order chi connectivity index (χ0) is 10.7. The SMILES string of the molecule is CC1(CNc2ncc(I)cn2)CCCO1. The molecule has 0 aromatic carbocycles. The van der Waals surface area contributed by atoms with Gasteiger partial charge in [-0.15, -0.1) is 0 Å². The molecule has 0 spiro atoms. The summed E-state index contributed by atoms with van der Waals surface area (Å²) in [6.07, 6.45) is 5.84. The minimum absolute atomic E-state index is 0.0492. The third-order valence-electron chi connectivity index (χ3n) is 2.54. The van der Waals surface area contributed by atoms with Crippen molar-refractivity contribution in [2.45, 2.75) is 25.4 Å². The highest BCUT2D eigenvalue weighted by Gasteiger charge is 2.29. The van der Waals surface area contributed by atoms with Crippen LogP contribution >= 0.6 is 22.6 Å².